The van der Waals surface area contributed by atoms with Crippen LogP contribution in [-0.2, 0) is 9.53 Å². The Hall–Kier alpha value is -0.790. The van der Waals surface area contributed by atoms with Gasteiger partial charge in [-0.15, -0.1) is 0 Å². The predicted octanol–water partition coefficient (Wildman–Crippen LogP) is 4.74. The zero-order valence-corrected chi connectivity index (χ0v) is 14.1. The standard InChI is InChI=1S/C19H30O2/c1-13-6-8-15-14(12-13)7-9-16-18(15,2)10-5-11-19(16,3)17(20)21-4/h8,13-14,16H,5-7,9-12H2,1-4H3/t13-,14?,16+,18+,19-/m1/s1. The lowest BCUT2D eigenvalue weighted by atomic mass is 9.47. The first-order valence-electron chi connectivity index (χ1n) is 8.71. The van der Waals surface area contributed by atoms with Crippen LogP contribution in [0.2, 0.25) is 0 Å². The molecule has 3 aliphatic rings. The molecule has 21 heavy (non-hydrogen) atoms. The minimum Gasteiger partial charge on any atom is -0.469 e. The van der Waals surface area contributed by atoms with Crippen molar-refractivity contribution < 1.29 is 9.53 Å². The molecule has 0 saturated heterocycles. The van der Waals surface area contributed by atoms with Crippen LogP contribution in [0.3, 0.4) is 0 Å². The Kier molecular flexibility index (Phi) is 3.70. The Morgan fingerprint density at radius 3 is 2.76 bits per heavy atom. The Morgan fingerprint density at radius 2 is 2.05 bits per heavy atom. The molecule has 0 aromatic carbocycles. The van der Waals surface area contributed by atoms with Gasteiger partial charge in [-0.2, -0.15) is 0 Å². The molecule has 0 amide bonds. The number of ether oxygens (including phenoxy) is 1. The van der Waals surface area contributed by atoms with E-state index in [-0.39, 0.29) is 16.8 Å². The molecule has 2 saturated carbocycles. The molecule has 3 rings (SSSR count). The average molecular weight is 290 g/mol. The summed E-state index contributed by atoms with van der Waals surface area (Å²) in [5, 5.41) is 0. The first kappa shape index (κ1) is 15.1. The van der Waals surface area contributed by atoms with Gasteiger partial charge in [0.1, 0.15) is 0 Å². The second kappa shape index (κ2) is 5.14. The Balaban J connectivity index is 1.98. The van der Waals surface area contributed by atoms with Crippen LogP contribution in [0, 0.1) is 28.6 Å². The summed E-state index contributed by atoms with van der Waals surface area (Å²) in [6, 6.07) is 0. The highest BCUT2D eigenvalue weighted by Gasteiger charge is 2.57. The van der Waals surface area contributed by atoms with Gasteiger partial charge in [-0.3, -0.25) is 4.79 Å². The van der Waals surface area contributed by atoms with Crippen LogP contribution in [0.15, 0.2) is 11.6 Å². The predicted molar refractivity (Wildman–Crippen MR) is 84.8 cm³/mol. The van der Waals surface area contributed by atoms with Gasteiger partial charge in [-0.25, -0.2) is 0 Å². The number of rotatable bonds is 1. The minimum absolute atomic E-state index is 0.0154. The summed E-state index contributed by atoms with van der Waals surface area (Å²) in [5.41, 5.74) is 1.63. The first-order valence-corrected chi connectivity index (χ1v) is 8.71. The van der Waals surface area contributed by atoms with E-state index in [1.54, 1.807) is 12.7 Å². The Labute approximate surface area is 129 Å². The lowest BCUT2D eigenvalue weighted by Crippen LogP contribution is -2.52. The number of hydrogen-bond donors (Lipinski definition) is 0. The first-order chi connectivity index (χ1) is 9.91. The molecular formula is C19H30O2. The Bertz CT molecular complexity index is 466. The number of allylic oxidation sites excluding steroid dienone is 2. The summed E-state index contributed by atoms with van der Waals surface area (Å²) in [7, 11) is 1.55. The maximum atomic E-state index is 12.5. The average Bonchev–Trinajstić information content (AvgIpc) is 2.45. The van der Waals surface area contributed by atoms with Crippen LogP contribution in [0.1, 0.15) is 65.7 Å². The van der Waals surface area contributed by atoms with Crippen molar-refractivity contribution in [2.75, 3.05) is 7.11 Å². The van der Waals surface area contributed by atoms with E-state index in [9.17, 15) is 4.79 Å². The molecule has 2 fully saturated rings. The van der Waals surface area contributed by atoms with Gasteiger partial charge >= 0.3 is 5.97 Å². The molecule has 3 aliphatic carbocycles. The third-order valence-corrected chi connectivity index (χ3v) is 6.91. The monoisotopic (exact) mass is 290 g/mol. The fraction of sp³-hybridized carbons (Fsp3) is 0.842. The van der Waals surface area contributed by atoms with Gasteiger partial charge < -0.3 is 4.74 Å². The van der Waals surface area contributed by atoms with Crippen molar-refractivity contribution in [1.82, 2.24) is 0 Å². The van der Waals surface area contributed by atoms with Gasteiger partial charge in [-0.05, 0) is 68.6 Å². The van der Waals surface area contributed by atoms with Crippen molar-refractivity contribution >= 4 is 5.97 Å². The second-order valence-electron chi connectivity index (χ2n) is 8.24. The number of carbonyl (C=O) groups excluding carboxylic acids is 1. The maximum absolute atomic E-state index is 12.5. The van der Waals surface area contributed by atoms with Crippen molar-refractivity contribution in [3.8, 4) is 0 Å². The van der Waals surface area contributed by atoms with Gasteiger partial charge in [0.15, 0.2) is 0 Å². The van der Waals surface area contributed by atoms with Gasteiger partial charge in [0, 0.05) is 0 Å². The summed E-state index contributed by atoms with van der Waals surface area (Å²) in [5.74, 6) is 2.08. The van der Waals surface area contributed by atoms with Gasteiger partial charge in [-0.1, -0.05) is 31.9 Å². The smallest absolute Gasteiger partial charge is 0.311 e. The molecule has 0 radical (unpaired) electrons. The van der Waals surface area contributed by atoms with E-state index in [2.05, 4.69) is 26.8 Å². The molecule has 0 aromatic heterocycles. The van der Waals surface area contributed by atoms with Crippen molar-refractivity contribution in [3.05, 3.63) is 11.6 Å². The molecule has 2 nitrogen and oxygen atoms in total. The highest BCUT2D eigenvalue weighted by molar-refractivity contribution is 5.77. The van der Waals surface area contributed by atoms with Crippen molar-refractivity contribution in [2.45, 2.75) is 65.7 Å². The number of methoxy groups -OCH3 is 1. The van der Waals surface area contributed by atoms with Crippen molar-refractivity contribution in [1.29, 1.82) is 0 Å². The van der Waals surface area contributed by atoms with E-state index >= 15 is 0 Å². The minimum atomic E-state index is -0.281. The van der Waals surface area contributed by atoms with Gasteiger partial charge in [0.2, 0.25) is 0 Å². The lowest BCUT2D eigenvalue weighted by Gasteiger charge is -2.57. The molecule has 0 aliphatic heterocycles. The molecule has 2 heteroatoms. The molecule has 0 heterocycles. The Morgan fingerprint density at radius 1 is 1.29 bits per heavy atom. The third kappa shape index (κ3) is 2.17. The molecule has 5 atom stereocenters. The number of hydrogen-bond acceptors (Lipinski definition) is 2. The zero-order chi connectivity index (χ0) is 15.3. The third-order valence-electron chi connectivity index (χ3n) is 6.91. The van der Waals surface area contributed by atoms with E-state index < -0.39 is 0 Å². The highest BCUT2D eigenvalue weighted by atomic mass is 16.5. The quantitative estimate of drug-likeness (QED) is 0.515. The molecule has 0 bridgehead atoms. The normalized spacial score (nSPS) is 46.1. The van der Waals surface area contributed by atoms with E-state index in [4.69, 9.17) is 4.74 Å². The van der Waals surface area contributed by atoms with Crippen LogP contribution in [0.5, 0.6) is 0 Å². The van der Waals surface area contributed by atoms with Crippen molar-refractivity contribution in [3.63, 3.8) is 0 Å². The molecule has 118 valence electrons. The highest BCUT2D eigenvalue weighted by Crippen LogP contribution is 2.62. The van der Waals surface area contributed by atoms with Crippen molar-refractivity contribution in [2.24, 2.45) is 28.6 Å². The van der Waals surface area contributed by atoms with E-state index in [0.29, 0.717) is 5.92 Å². The van der Waals surface area contributed by atoms with Gasteiger partial charge in [0.05, 0.1) is 12.5 Å². The topological polar surface area (TPSA) is 26.3 Å². The molecule has 1 unspecified atom stereocenters. The fourth-order valence-corrected chi connectivity index (χ4v) is 5.88. The molecule has 0 aromatic rings. The molecule has 0 spiro atoms. The second-order valence-corrected chi connectivity index (χ2v) is 8.24. The van der Waals surface area contributed by atoms with Crippen LogP contribution >= 0.6 is 0 Å². The number of esters is 1. The summed E-state index contributed by atoms with van der Waals surface area (Å²) in [6.45, 7) is 6.97. The van der Waals surface area contributed by atoms with Crippen LogP contribution < -0.4 is 0 Å². The summed E-state index contributed by atoms with van der Waals surface area (Å²) >= 11 is 0. The van der Waals surface area contributed by atoms with Crippen LogP contribution in [-0.4, -0.2) is 13.1 Å². The zero-order valence-electron chi connectivity index (χ0n) is 14.1. The lowest BCUT2D eigenvalue weighted by molar-refractivity contribution is -0.164. The molecule has 0 N–H and O–H groups in total. The number of carbonyl (C=O) groups is 1. The van der Waals surface area contributed by atoms with Crippen LogP contribution in [0.25, 0.3) is 0 Å². The maximum Gasteiger partial charge on any atom is 0.311 e. The summed E-state index contributed by atoms with van der Waals surface area (Å²) in [6.07, 6.45) is 11.0. The van der Waals surface area contributed by atoms with E-state index in [1.165, 1.54) is 32.1 Å². The summed E-state index contributed by atoms with van der Waals surface area (Å²) in [4.78, 5) is 12.5. The summed E-state index contributed by atoms with van der Waals surface area (Å²) < 4.78 is 5.18. The molecular weight excluding hydrogens is 260 g/mol. The fourth-order valence-electron chi connectivity index (χ4n) is 5.88. The SMILES string of the molecule is COC(=O)[C@]1(C)CCC[C@@]2(C)C3=CC[C@@H](C)CC3CC[C@H]12. The van der Waals surface area contributed by atoms with E-state index in [1.807, 2.05) is 0 Å². The van der Waals surface area contributed by atoms with Gasteiger partial charge in [0.25, 0.3) is 0 Å². The largest absolute Gasteiger partial charge is 0.469 e. The van der Waals surface area contributed by atoms with E-state index in [0.717, 1.165) is 24.7 Å². The van der Waals surface area contributed by atoms with Crippen LogP contribution in [0.4, 0.5) is 0 Å². The number of fused-ring (bicyclic) bond motifs is 3.